The zero-order chi connectivity index (χ0) is 13.9. The number of halogens is 1. The molecule has 0 spiro atoms. The Kier molecular flexibility index (Phi) is 3.93. The van der Waals surface area contributed by atoms with E-state index in [-0.39, 0.29) is 18.0 Å². The summed E-state index contributed by atoms with van der Waals surface area (Å²) >= 11 is 1.48. The van der Waals surface area contributed by atoms with Crippen LogP contribution in [-0.4, -0.2) is 27.4 Å². The van der Waals surface area contributed by atoms with E-state index in [9.17, 15) is 9.50 Å². The largest absolute Gasteiger partial charge is 0.391 e. The Morgan fingerprint density at radius 2 is 2.05 bits per heavy atom. The highest BCUT2D eigenvalue weighted by atomic mass is 32.1. The molecule has 6 heteroatoms. The Morgan fingerprint density at radius 1 is 1.25 bits per heavy atom. The first-order valence-electron chi connectivity index (χ1n) is 6.72. The summed E-state index contributed by atoms with van der Waals surface area (Å²) in [5.74, 6) is -0.233. The Hall–Kier alpha value is -1.53. The number of nitrogens with zero attached hydrogens (tertiary/aromatic N) is 2. The Bertz CT molecular complexity index is 572. The van der Waals surface area contributed by atoms with Gasteiger partial charge in [-0.15, -0.1) is 10.2 Å². The summed E-state index contributed by atoms with van der Waals surface area (Å²) in [7, 11) is 0. The molecular weight excluding hydrogens is 277 g/mol. The quantitative estimate of drug-likeness (QED) is 0.909. The molecule has 0 bridgehead atoms. The number of nitrogens with one attached hydrogen (secondary N) is 1. The number of rotatable bonds is 4. The molecule has 2 N–H and O–H groups in total. The van der Waals surface area contributed by atoms with Gasteiger partial charge in [0, 0.05) is 6.42 Å². The van der Waals surface area contributed by atoms with Gasteiger partial charge in [-0.05, 0) is 37.0 Å². The van der Waals surface area contributed by atoms with Crippen molar-refractivity contribution >= 4 is 16.5 Å². The summed E-state index contributed by atoms with van der Waals surface area (Å²) in [5, 5.41) is 22.9. The van der Waals surface area contributed by atoms with Crippen molar-refractivity contribution in [2.75, 3.05) is 5.32 Å². The van der Waals surface area contributed by atoms with Gasteiger partial charge in [0.15, 0.2) is 0 Å². The van der Waals surface area contributed by atoms with Gasteiger partial charge in [-0.2, -0.15) is 0 Å². The van der Waals surface area contributed by atoms with Crippen LogP contribution in [-0.2, 0) is 6.42 Å². The summed E-state index contributed by atoms with van der Waals surface area (Å²) < 4.78 is 12.8. The zero-order valence-corrected chi connectivity index (χ0v) is 11.7. The zero-order valence-electron chi connectivity index (χ0n) is 10.9. The van der Waals surface area contributed by atoms with Gasteiger partial charge in [0.1, 0.15) is 10.8 Å². The summed E-state index contributed by atoms with van der Waals surface area (Å²) in [5.41, 5.74) is 1.01. The van der Waals surface area contributed by atoms with Crippen molar-refractivity contribution in [2.24, 2.45) is 0 Å². The predicted molar refractivity (Wildman–Crippen MR) is 76.4 cm³/mol. The molecule has 0 saturated heterocycles. The fraction of sp³-hybridized carbons (Fsp3) is 0.429. The third kappa shape index (κ3) is 3.13. The third-order valence-electron chi connectivity index (χ3n) is 3.52. The van der Waals surface area contributed by atoms with Gasteiger partial charge >= 0.3 is 0 Å². The van der Waals surface area contributed by atoms with Gasteiger partial charge in [0.2, 0.25) is 5.13 Å². The van der Waals surface area contributed by atoms with Crippen molar-refractivity contribution in [1.29, 1.82) is 0 Å². The van der Waals surface area contributed by atoms with Gasteiger partial charge in [0.25, 0.3) is 0 Å². The van der Waals surface area contributed by atoms with Gasteiger partial charge in [-0.3, -0.25) is 0 Å². The number of aliphatic hydroxyl groups excluding tert-OH is 1. The molecule has 0 unspecified atom stereocenters. The standard InChI is InChI=1S/C14H16FN3OS/c15-10-6-4-9(5-7-10)8-13-17-18-14(20-13)16-11-2-1-3-12(11)19/h4-7,11-12,19H,1-3,8H2,(H,16,18)/t11-,12+/m0/s1. The molecule has 20 heavy (non-hydrogen) atoms. The summed E-state index contributed by atoms with van der Waals surface area (Å²) in [6, 6.07) is 6.49. The summed E-state index contributed by atoms with van der Waals surface area (Å²) in [4.78, 5) is 0. The fourth-order valence-electron chi connectivity index (χ4n) is 2.43. The monoisotopic (exact) mass is 293 g/mol. The highest BCUT2D eigenvalue weighted by Gasteiger charge is 2.25. The first-order valence-corrected chi connectivity index (χ1v) is 7.54. The van der Waals surface area contributed by atoms with Crippen molar-refractivity contribution in [3.05, 3.63) is 40.7 Å². The van der Waals surface area contributed by atoms with Crippen LogP contribution in [0.1, 0.15) is 29.8 Å². The average molecular weight is 293 g/mol. The van der Waals surface area contributed by atoms with Crippen molar-refractivity contribution in [3.63, 3.8) is 0 Å². The molecule has 2 atom stereocenters. The normalized spacial score (nSPS) is 22.1. The maximum absolute atomic E-state index is 12.8. The summed E-state index contributed by atoms with van der Waals surface area (Å²) in [6.07, 6.45) is 3.21. The van der Waals surface area contributed by atoms with E-state index in [0.29, 0.717) is 6.42 Å². The molecule has 1 aromatic heterocycles. The van der Waals surface area contributed by atoms with E-state index in [4.69, 9.17) is 0 Å². The Morgan fingerprint density at radius 3 is 2.75 bits per heavy atom. The minimum atomic E-state index is -0.292. The molecular formula is C14H16FN3OS. The van der Waals surface area contributed by atoms with Gasteiger partial charge < -0.3 is 10.4 Å². The molecule has 1 aliphatic rings. The second kappa shape index (κ2) is 5.85. The molecule has 4 nitrogen and oxygen atoms in total. The minimum absolute atomic E-state index is 0.0848. The molecule has 1 saturated carbocycles. The number of benzene rings is 1. The van der Waals surface area contributed by atoms with Gasteiger partial charge in [0.05, 0.1) is 12.1 Å². The molecule has 0 aliphatic heterocycles. The SMILES string of the molecule is O[C@@H]1CCC[C@@H]1Nc1nnc(Cc2ccc(F)cc2)s1. The van der Waals surface area contributed by atoms with Crippen LogP contribution in [0.25, 0.3) is 0 Å². The van der Waals surface area contributed by atoms with Crippen molar-refractivity contribution in [2.45, 2.75) is 37.8 Å². The molecule has 0 amide bonds. The van der Waals surface area contributed by atoms with E-state index in [2.05, 4.69) is 15.5 Å². The van der Waals surface area contributed by atoms with Crippen LogP contribution in [0.2, 0.25) is 0 Å². The van der Waals surface area contributed by atoms with E-state index in [0.717, 1.165) is 35.0 Å². The minimum Gasteiger partial charge on any atom is -0.391 e. The van der Waals surface area contributed by atoms with Gasteiger partial charge in [-0.25, -0.2) is 4.39 Å². The van der Waals surface area contributed by atoms with Crippen molar-refractivity contribution in [3.8, 4) is 0 Å². The lowest BCUT2D eigenvalue weighted by Crippen LogP contribution is -2.27. The molecule has 1 heterocycles. The van der Waals surface area contributed by atoms with Crippen LogP contribution in [0.3, 0.4) is 0 Å². The van der Waals surface area contributed by atoms with Crippen LogP contribution in [0, 0.1) is 5.82 Å². The molecule has 106 valence electrons. The molecule has 2 aromatic rings. The fourth-order valence-corrected chi connectivity index (χ4v) is 3.26. The van der Waals surface area contributed by atoms with E-state index < -0.39 is 0 Å². The number of hydrogen-bond donors (Lipinski definition) is 2. The lowest BCUT2D eigenvalue weighted by atomic mass is 10.2. The van der Waals surface area contributed by atoms with Crippen LogP contribution < -0.4 is 5.32 Å². The van der Waals surface area contributed by atoms with Crippen molar-refractivity contribution in [1.82, 2.24) is 10.2 Å². The highest BCUT2D eigenvalue weighted by Crippen LogP contribution is 2.25. The number of aromatic nitrogens is 2. The van der Waals surface area contributed by atoms with E-state index in [1.807, 2.05) is 0 Å². The first kappa shape index (κ1) is 13.5. The third-order valence-corrected chi connectivity index (χ3v) is 4.38. The molecule has 1 aromatic carbocycles. The second-order valence-electron chi connectivity index (χ2n) is 5.05. The molecule has 3 rings (SSSR count). The van der Waals surface area contributed by atoms with E-state index >= 15 is 0 Å². The van der Waals surface area contributed by atoms with Gasteiger partial charge in [-0.1, -0.05) is 23.5 Å². The molecule has 1 aliphatic carbocycles. The lowest BCUT2D eigenvalue weighted by Gasteiger charge is -2.14. The lowest BCUT2D eigenvalue weighted by molar-refractivity contribution is 0.172. The predicted octanol–water partition coefficient (Wildman–Crippen LogP) is 2.59. The number of hydrogen-bond acceptors (Lipinski definition) is 5. The van der Waals surface area contributed by atoms with Crippen LogP contribution in [0.4, 0.5) is 9.52 Å². The van der Waals surface area contributed by atoms with Crippen molar-refractivity contribution < 1.29 is 9.50 Å². The maximum Gasteiger partial charge on any atom is 0.205 e. The molecule has 0 radical (unpaired) electrons. The highest BCUT2D eigenvalue weighted by molar-refractivity contribution is 7.15. The molecule has 1 fully saturated rings. The van der Waals surface area contributed by atoms with Crippen LogP contribution in [0.15, 0.2) is 24.3 Å². The summed E-state index contributed by atoms with van der Waals surface area (Å²) in [6.45, 7) is 0. The van der Waals surface area contributed by atoms with E-state index in [1.54, 1.807) is 12.1 Å². The van der Waals surface area contributed by atoms with Crippen LogP contribution in [0.5, 0.6) is 0 Å². The first-order chi connectivity index (χ1) is 9.70. The number of aliphatic hydroxyl groups is 1. The smallest absolute Gasteiger partial charge is 0.205 e. The average Bonchev–Trinajstić information content (AvgIpc) is 3.03. The Labute approximate surface area is 120 Å². The topological polar surface area (TPSA) is 58.0 Å². The Balaban J connectivity index is 1.63. The second-order valence-corrected chi connectivity index (χ2v) is 6.12. The maximum atomic E-state index is 12.8. The van der Waals surface area contributed by atoms with Crippen LogP contribution >= 0.6 is 11.3 Å². The van der Waals surface area contributed by atoms with E-state index in [1.165, 1.54) is 23.5 Å². The number of anilines is 1.